The second-order valence-corrected chi connectivity index (χ2v) is 4.12. The summed E-state index contributed by atoms with van der Waals surface area (Å²) >= 11 is 0. The minimum Gasteiger partial charge on any atom is -0.478 e. The summed E-state index contributed by atoms with van der Waals surface area (Å²) in [6.45, 7) is 0.188. The lowest BCUT2D eigenvalue weighted by atomic mass is 10.2. The van der Waals surface area contributed by atoms with E-state index in [0.29, 0.717) is 17.2 Å². The Morgan fingerprint density at radius 3 is 2.90 bits per heavy atom. The van der Waals surface area contributed by atoms with Gasteiger partial charge in [-0.2, -0.15) is 0 Å². The van der Waals surface area contributed by atoms with Crippen molar-refractivity contribution in [3.05, 3.63) is 36.0 Å². The van der Waals surface area contributed by atoms with Gasteiger partial charge in [0.1, 0.15) is 0 Å². The Balaban J connectivity index is 1.92. The summed E-state index contributed by atoms with van der Waals surface area (Å²) in [5.41, 5.74) is 6.54. The molecular weight excluding hydrogens is 262 g/mol. The quantitative estimate of drug-likeness (QED) is 0.783. The molecule has 0 bridgehead atoms. The number of rotatable bonds is 3. The van der Waals surface area contributed by atoms with Crippen LogP contribution in [0, 0.1) is 0 Å². The molecule has 1 aliphatic heterocycles. The number of ether oxygens (including phenoxy) is 2. The molecule has 0 spiro atoms. The minimum atomic E-state index is -1.10. The Morgan fingerprint density at radius 1 is 1.30 bits per heavy atom. The third kappa shape index (κ3) is 2.05. The second kappa shape index (κ2) is 4.61. The highest BCUT2D eigenvalue weighted by molar-refractivity contribution is 5.96. The molecule has 0 atom stereocenters. The van der Waals surface area contributed by atoms with E-state index in [2.05, 4.69) is 10.3 Å². The molecule has 0 radical (unpaired) electrons. The Morgan fingerprint density at radius 2 is 2.10 bits per heavy atom. The van der Waals surface area contributed by atoms with Crippen molar-refractivity contribution in [2.24, 2.45) is 0 Å². The zero-order chi connectivity index (χ0) is 14.1. The van der Waals surface area contributed by atoms with E-state index >= 15 is 0 Å². The van der Waals surface area contributed by atoms with Crippen molar-refractivity contribution in [2.75, 3.05) is 17.8 Å². The van der Waals surface area contributed by atoms with Crippen LogP contribution in [0.4, 0.5) is 17.2 Å². The van der Waals surface area contributed by atoms with E-state index in [-0.39, 0.29) is 23.9 Å². The first-order chi connectivity index (χ1) is 9.65. The normalized spacial score (nSPS) is 12.2. The number of nitrogen functional groups attached to an aromatic ring is 1. The van der Waals surface area contributed by atoms with E-state index in [0.717, 1.165) is 0 Å². The Kier molecular flexibility index (Phi) is 2.79. The van der Waals surface area contributed by atoms with E-state index in [1.54, 1.807) is 18.2 Å². The molecule has 7 heteroatoms. The molecule has 3 rings (SSSR count). The van der Waals surface area contributed by atoms with Gasteiger partial charge in [-0.15, -0.1) is 0 Å². The van der Waals surface area contributed by atoms with Gasteiger partial charge in [0.15, 0.2) is 17.3 Å². The maximum absolute atomic E-state index is 11.0. The predicted molar refractivity (Wildman–Crippen MR) is 71.5 cm³/mol. The number of anilines is 3. The van der Waals surface area contributed by atoms with Crippen LogP contribution in [0.5, 0.6) is 11.5 Å². The number of nitrogens with one attached hydrogen (secondary N) is 1. The number of carboxylic acid groups (broad SMARTS) is 1. The smallest absolute Gasteiger partial charge is 0.337 e. The van der Waals surface area contributed by atoms with Gasteiger partial charge in [0.2, 0.25) is 6.79 Å². The van der Waals surface area contributed by atoms with E-state index < -0.39 is 5.97 Å². The topological polar surface area (TPSA) is 107 Å². The Bertz CT molecular complexity index is 687. The fourth-order valence-corrected chi connectivity index (χ4v) is 1.87. The van der Waals surface area contributed by atoms with E-state index in [1.165, 1.54) is 12.3 Å². The van der Waals surface area contributed by atoms with Gasteiger partial charge >= 0.3 is 5.97 Å². The average Bonchev–Trinajstić information content (AvgIpc) is 2.88. The van der Waals surface area contributed by atoms with Crippen molar-refractivity contribution in [3.8, 4) is 11.5 Å². The molecule has 7 nitrogen and oxygen atoms in total. The van der Waals surface area contributed by atoms with Gasteiger partial charge in [-0.25, -0.2) is 9.78 Å². The summed E-state index contributed by atoms with van der Waals surface area (Å²) in [5.74, 6) is 0.459. The number of pyridine rings is 1. The molecule has 20 heavy (non-hydrogen) atoms. The lowest BCUT2D eigenvalue weighted by Gasteiger charge is -2.10. The zero-order valence-electron chi connectivity index (χ0n) is 10.3. The first kappa shape index (κ1) is 12.1. The molecule has 0 fully saturated rings. The first-order valence-electron chi connectivity index (χ1n) is 5.79. The van der Waals surface area contributed by atoms with Crippen LogP contribution < -0.4 is 20.5 Å². The monoisotopic (exact) mass is 273 g/mol. The molecule has 2 aromatic rings. The number of aromatic carboxylic acids is 1. The van der Waals surface area contributed by atoms with Gasteiger partial charge in [0, 0.05) is 18.0 Å². The third-order valence-electron chi connectivity index (χ3n) is 2.86. The molecule has 102 valence electrons. The minimum absolute atomic E-state index is 0.00300. The number of hydrogen-bond acceptors (Lipinski definition) is 6. The third-order valence-corrected chi connectivity index (χ3v) is 2.86. The van der Waals surface area contributed by atoms with Gasteiger partial charge in [-0.05, 0) is 18.2 Å². The number of nitrogens with two attached hydrogens (primary N) is 1. The van der Waals surface area contributed by atoms with Crippen LogP contribution in [-0.2, 0) is 0 Å². The van der Waals surface area contributed by atoms with E-state index in [9.17, 15) is 4.79 Å². The van der Waals surface area contributed by atoms with Crippen molar-refractivity contribution in [2.45, 2.75) is 0 Å². The van der Waals surface area contributed by atoms with Crippen LogP contribution in [0.3, 0.4) is 0 Å². The van der Waals surface area contributed by atoms with Crippen LogP contribution in [0.1, 0.15) is 10.4 Å². The number of aromatic nitrogens is 1. The molecular formula is C13H11N3O4. The van der Waals surface area contributed by atoms with Crippen LogP contribution >= 0.6 is 0 Å². The molecule has 4 N–H and O–H groups in total. The average molecular weight is 273 g/mol. The zero-order valence-corrected chi connectivity index (χ0v) is 10.3. The van der Waals surface area contributed by atoms with Crippen molar-refractivity contribution in [3.63, 3.8) is 0 Å². The van der Waals surface area contributed by atoms with E-state index in [4.69, 9.17) is 20.3 Å². The van der Waals surface area contributed by atoms with Gasteiger partial charge < -0.3 is 25.6 Å². The number of benzene rings is 1. The first-order valence-corrected chi connectivity index (χ1v) is 5.79. The molecule has 0 saturated heterocycles. The molecule has 1 aliphatic rings. The fraction of sp³-hybridized carbons (Fsp3) is 0.0769. The molecule has 0 amide bonds. The number of nitrogens with zero attached hydrogens (tertiary/aromatic N) is 1. The van der Waals surface area contributed by atoms with E-state index in [1.807, 2.05) is 0 Å². The van der Waals surface area contributed by atoms with Crippen LogP contribution in [0.25, 0.3) is 0 Å². The largest absolute Gasteiger partial charge is 0.478 e. The van der Waals surface area contributed by atoms with Crippen molar-refractivity contribution < 1.29 is 19.4 Å². The molecule has 1 aromatic carbocycles. The fourth-order valence-electron chi connectivity index (χ4n) is 1.87. The number of carbonyl (C=O) groups is 1. The highest BCUT2D eigenvalue weighted by Crippen LogP contribution is 2.35. The summed E-state index contributed by atoms with van der Waals surface area (Å²) in [5, 5.41) is 12.0. The molecule has 2 heterocycles. The standard InChI is InChI=1S/C13H11N3O4/c14-11-8(13(17)18)3-4-15-12(11)16-7-1-2-9-10(5-7)20-6-19-9/h1-5H,6,14H2,(H,15,16)(H,17,18). The summed E-state index contributed by atoms with van der Waals surface area (Å²) in [7, 11) is 0. The number of carboxylic acids is 1. The van der Waals surface area contributed by atoms with Crippen LogP contribution in [0.2, 0.25) is 0 Å². The Labute approximate surface area is 114 Å². The van der Waals surface area contributed by atoms with Gasteiger partial charge in [0.25, 0.3) is 0 Å². The van der Waals surface area contributed by atoms with Gasteiger partial charge in [-0.3, -0.25) is 0 Å². The summed E-state index contributed by atoms with van der Waals surface area (Å²) in [6.07, 6.45) is 1.38. The maximum atomic E-state index is 11.0. The summed E-state index contributed by atoms with van der Waals surface area (Å²) in [6, 6.07) is 6.60. The Hall–Kier alpha value is -2.96. The van der Waals surface area contributed by atoms with Crippen molar-refractivity contribution in [1.29, 1.82) is 0 Å². The maximum Gasteiger partial charge on any atom is 0.337 e. The SMILES string of the molecule is Nc1c(C(=O)O)ccnc1Nc1ccc2c(c1)OCO2. The van der Waals surface area contributed by atoms with Gasteiger partial charge in [0.05, 0.1) is 11.3 Å². The van der Waals surface area contributed by atoms with Gasteiger partial charge in [-0.1, -0.05) is 0 Å². The summed E-state index contributed by atoms with van der Waals surface area (Å²) < 4.78 is 10.5. The van der Waals surface area contributed by atoms with Crippen LogP contribution in [0.15, 0.2) is 30.5 Å². The summed E-state index contributed by atoms with van der Waals surface area (Å²) in [4.78, 5) is 15.0. The molecule has 0 saturated carbocycles. The highest BCUT2D eigenvalue weighted by Gasteiger charge is 2.15. The molecule has 0 aliphatic carbocycles. The van der Waals surface area contributed by atoms with Crippen LogP contribution in [-0.4, -0.2) is 22.9 Å². The number of fused-ring (bicyclic) bond motifs is 1. The second-order valence-electron chi connectivity index (χ2n) is 4.12. The highest BCUT2D eigenvalue weighted by atomic mass is 16.7. The molecule has 1 aromatic heterocycles. The molecule has 0 unspecified atom stereocenters. The predicted octanol–water partition coefficient (Wildman–Crippen LogP) is 1.83. The van der Waals surface area contributed by atoms with Crippen molar-refractivity contribution >= 4 is 23.2 Å². The van der Waals surface area contributed by atoms with Crippen molar-refractivity contribution in [1.82, 2.24) is 4.98 Å². The number of hydrogen-bond donors (Lipinski definition) is 3. The lowest BCUT2D eigenvalue weighted by molar-refractivity contribution is 0.0698. The lowest BCUT2D eigenvalue weighted by Crippen LogP contribution is -2.06.